The number of furan rings is 1. The molecule has 0 N–H and O–H groups in total. The highest BCUT2D eigenvalue weighted by Gasteiger charge is 2.21. The van der Waals surface area contributed by atoms with E-state index in [0.717, 1.165) is 65.7 Å². The zero-order chi connectivity index (χ0) is 39.8. The summed E-state index contributed by atoms with van der Waals surface area (Å²) in [6.07, 6.45) is 0. The maximum absolute atomic E-state index is 9.59. The van der Waals surface area contributed by atoms with Gasteiger partial charge in [0, 0.05) is 38.6 Å². The summed E-state index contributed by atoms with van der Waals surface area (Å²) in [7, 11) is 0. The Balaban J connectivity index is 1.16. The summed E-state index contributed by atoms with van der Waals surface area (Å²) in [4.78, 5) is 1.88. The van der Waals surface area contributed by atoms with E-state index in [2.05, 4.69) is 108 Å². The van der Waals surface area contributed by atoms with Crippen molar-refractivity contribution in [1.29, 1.82) is 0 Å². The van der Waals surface area contributed by atoms with Crippen molar-refractivity contribution >= 4 is 71.6 Å². The highest BCUT2D eigenvalue weighted by atomic mass is 16.3. The molecule has 0 bridgehead atoms. The number of anilines is 3. The fourth-order valence-electron chi connectivity index (χ4n) is 8.11. The van der Waals surface area contributed by atoms with Crippen LogP contribution in [0.2, 0.25) is 0 Å². The van der Waals surface area contributed by atoms with Crippen LogP contribution in [0.1, 0.15) is 5.48 Å². The van der Waals surface area contributed by atoms with Gasteiger partial charge in [0.05, 0.1) is 27.6 Å². The van der Waals surface area contributed by atoms with E-state index in [1.165, 1.54) is 0 Å². The number of para-hydroxylation sites is 2. The molecule has 0 atom stereocenters. The first-order valence-electron chi connectivity index (χ1n) is 20.4. The Morgan fingerprint density at radius 2 is 1.13 bits per heavy atom. The molecule has 0 aliphatic heterocycles. The molecule has 0 amide bonds. The molecule has 11 rings (SSSR count). The zero-order valence-electron chi connectivity index (χ0n) is 33.6. The van der Waals surface area contributed by atoms with E-state index in [-0.39, 0.29) is 35.4 Å². The Morgan fingerprint density at radius 1 is 0.436 bits per heavy atom. The molecule has 258 valence electrons. The van der Waals surface area contributed by atoms with Gasteiger partial charge in [-0.3, -0.25) is 0 Å². The molecule has 11 aromatic rings. The van der Waals surface area contributed by atoms with E-state index in [9.17, 15) is 5.48 Å². The summed E-state index contributed by atoms with van der Waals surface area (Å²) in [6, 6.07) is 60.4. The molecule has 2 heterocycles. The van der Waals surface area contributed by atoms with Crippen LogP contribution in [-0.2, 0) is 0 Å². The van der Waals surface area contributed by atoms with E-state index in [1.54, 1.807) is 0 Å². The largest absolute Gasteiger partial charge is 0.455 e. The highest BCUT2D eigenvalue weighted by molar-refractivity contribution is 6.19. The number of benzene rings is 9. The summed E-state index contributed by atoms with van der Waals surface area (Å²) in [5.74, 6) is 0. The van der Waals surface area contributed by atoms with Gasteiger partial charge in [0.1, 0.15) is 11.2 Å². The zero-order valence-corrected chi connectivity index (χ0v) is 29.6. The first-order chi connectivity index (χ1) is 29.0. The molecule has 0 saturated carbocycles. The van der Waals surface area contributed by atoms with Crippen molar-refractivity contribution in [3.63, 3.8) is 0 Å². The Labute approximate surface area is 324 Å². The fourth-order valence-corrected chi connectivity index (χ4v) is 8.11. The number of aromatic nitrogens is 1. The molecule has 55 heavy (non-hydrogen) atoms. The molecule has 0 aliphatic rings. The van der Waals surface area contributed by atoms with Gasteiger partial charge in [-0.25, -0.2) is 0 Å². The van der Waals surface area contributed by atoms with Crippen molar-refractivity contribution < 1.29 is 9.90 Å². The molecular formula is C52H34N2O. The second-order valence-electron chi connectivity index (χ2n) is 13.8. The minimum atomic E-state index is -0.138. The number of hydrogen-bond donors (Lipinski definition) is 0. The van der Waals surface area contributed by atoms with E-state index in [1.807, 2.05) is 83.8 Å². The Hall–Kier alpha value is -7.36. The number of nitrogens with zero attached hydrogens (tertiary/aromatic N) is 2. The third-order valence-electron chi connectivity index (χ3n) is 10.6. The van der Waals surface area contributed by atoms with Crippen LogP contribution >= 0.6 is 0 Å². The topological polar surface area (TPSA) is 21.3 Å². The van der Waals surface area contributed by atoms with Crippen LogP contribution in [0.4, 0.5) is 17.1 Å². The van der Waals surface area contributed by atoms with Crippen LogP contribution in [0.3, 0.4) is 0 Å². The Bertz CT molecular complexity index is 3420. The smallest absolute Gasteiger partial charge is 0.143 e. The quantitative estimate of drug-likeness (QED) is 0.172. The summed E-state index contributed by atoms with van der Waals surface area (Å²) in [6.45, 7) is 0. The standard InChI is InChI=1S/C52H34N2O/c1-3-13-35(14-4-1)36-25-29-41(30-26-36)53(49-23-12-24-50-51(49)45-31-27-37-15-7-8-20-43(37)52(45)55-50)42-19-11-16-38(33-42)39-28-32-48-46(34-39)44-21-9-10-22-47(44)54(48)40-17-5-2-6-18-40/h1-34H/i25D,26D,29D,30D. The van der Waals surface area contributed by atoms with E-state index in [0.29, 0.717) is 22.5 Å². The Morgan fingerprint density at radius 3 is 1.98 bits per heavy atom. The second-order valence-corrected chi connectivity index (χ2v) is 13.8. The predicted octanol–water partition coefficient (Wildman–Crippen LogP) is 14.6. The van der Waals surface area contributed by atoms with Crippen LogP contribution in [0.25, 0.3) is 82.5 Å². The van der Waals surface area contributed by atoms with Gasteiger partial charge in [-0.05, 0) is 100 Å². The van der Waals surface area contributed by atoms with Crippen molar-refractivity contribution in [1.82, 2.24) is 4.57 Å². The van der Waals surface area contributed by atoms with Crippen LogP contribution in [0, 0.1) is 0 Å². The molecule has 3 heteroatoms. The van der Waals surface area contributed by atoms with Crippen molar-refractivity contribution in [2.75, 3.05) is 4.90 Å². The lowest BCUT2D eigenvalue weighted by molar-refractivity contribution is 0.672. The summed E-state index contributed by atoms with van der Waals surface area (Å²) >= 11 is 0. The SMILES string of the molecule is [2H]c1c([2H])c(N(c2cccc(-c3ccc4c(c3)c3ccccc3n4-c3ccccc3)c2)c2cccc3oc4c5ccccc5ccc4c23)c([2H])c([2H])c1-c1ccccc1. The van der Waals surface area contributed by atoms with E-state index < -0.39 is 0 Å². The summed E-state index contributed by atoms with van der Waals surface area (Å²) in [5, 5.41) is 6.04. The lowest BCUT2D eigenvalue weighted by Gasteiger charge is -2.27. The highest BCUT2D eigenvalue weighted by Crippen LogP contribution is 2.45. The molecule has 3 nitrogen and oxygen atoms in total. The van der Waals surface area contributed by atoms with Crippen molar-refractivity contribution in [2.24, 2.45) is 0 Å². The van der Waals surface area contributed by atoms with Crippen molar-refractivity contribution in [2.45, 2.75) is 0 Å². The molecule has 2 aromatic heterocycles. The molecule has 0 fully saturated rings. The van der Waals surface area contributed by atoms with Crippen LogP contribution in [0.5, 0.6) is 0 Å². The number of rotatable bonds is 6. The monoisotopic (exact) mass is 706 g/mol. The molecular weight excluding hydrogens is 669 g/mol. The molecule has 0 aliphatic carbocycles. The lowest BCUT2D eigenvalue weighted by Crippen LogP contribution is -2.10. The maximum Gasteiger partial charge on any atom is 0.143 e. The van der Waals surface area contributed by atoms with E-state index in [4.69, 9.17) is 4.42 Å². The minimum Gasteiger partial charge on any atom is -0.455 e. The first-order valence-corrected chi connectivity index (χ1v) is 18.4. The average molecular weight is 707 g/mol. The van der Waals surface area contributed by atoms with Gasteiger partial charge in [-0.1, -0.05) is 133 Å². The van der Waals surface area contributed by atoms with Crippen LogP contribution in [-0.4, -0.2) is 4.57 Å². The fraction of sp³-hybridized carbons (Fsp3) is 0. The van der Waals surface area contributed by atoms with Gasteiger partial charge in [-0.15, -0.1) is 0 Å². The van der Waals surface area contributed by atoms with Crippen molar-refractivity contribution in [3.8, 4) is 27.9 Å². The average Bonchev–Trinajstić information content (AvgIpc) is 3.84. The van der Waals surface area contributed by atoms with Gasteiger partial charge in [0.25, 0.3) is 0 Å². The van der Waals surface area contributed by atoms with Crippen LogP contribution < -0.4 is 4.90 Å². The van der Waals surface area contributed by atoms with Gasteiger partial charge >= 0.3 is 0 Å². The lowest BCUT2D eigenvalue weighted by atomic mass is 10.0. The first kappa shape index (κ1) is 27.3. The molecule has 0 unspecified atom stereocenters. The molecule has 0 spiro atoms. The van der Waals surface area contributed by atoms with Gasteiger partial charge in [-0.2, -0.15) is 0 Å². The third-order valence-corrected chi connectivity index (χ3v) is 10.6. The normalized spacial score (nSPS) is 12.7. The summed E-state index contributed by atoms with van der Waals surface area (Å²) < 4.78 is 46.8. The third kappa shape index (κ3) is 5.13. The number of hydrogen-bond acceptors (Lipinski definition) is 2. The van der Waals surface area contributed by atoms with E-state index >= 15 is 0 Å². The molecule has 0 radical (unpaired) electrons. The van der Waals surface area contributed by atoms with Gasteiger partial charge < -0.3 is 13.9 Å². The van der Waals surface area contributed by atoms with Gasteiger partial charge in [0.2, 0.25) is 0 Å². The van der Waals surface area contributed by atoms with Gasteiger partial charge in [0.15, 0.2) is 0 Å². The second kappa shape index (κ2) is 12.6. The predicted molar refractivity (Wildman–Crippen MR) is 231 cm³/mol. The maximum atomic E-state index is 9.59. The molecule has 9 aromatic carbocycles. The minimum absolute atomic E-state index is 0.108. The Kier molecular flexibility index (Phi) is 6.27. The number of fused-ring (bicyclic) bond motifs is 8. The van der Waals surface area contributed by atoms with Crippen LogP contribution in [0.15, 0.2) is 211 Å². The van der Waals surface area contributed by atoms with Crippen molar-refractivity contribution in [3.05, 3.63) is 206 Å². The molecule has 0 saturated heterocycles. The summed E-state index contributed by atoms with van der Waals surface area (Å²) in [5.41, 5.74) is 9.10.